The number of β-amino-alcohol motifs (C(OH)–C–C–N with tert-alkyl or cyclic N) is 1. The third-order valence-electron chi connectivity index (χ3n) is 6.39. The number of aromatic nitrogens is 3. The van der Waals surface area contributed by atoms with Gasteiger partial charge in [0.2, 0.25) is 0 Å². The number of carbonyl (C=O) groups is 1. The fraction of sp³-hybridized carbons (Fsp3) is 0.400. The molecule has 1 N–H and O–H groups in total. The lowest BCUT2D eigenvalue weighted by molar-refractivity contribution is -0.134. The highest BCUT2D eigenvalue weighted by Gasteiger charge is 2.37. The van der Waals surface area contributed by atoms with Crippen molar-refractivity contribution >= 4 is 5.91 Å². The van der Waals surface area contributed by atoms with Gasteiger partial charge in [-0.1, -0.05) is 42.5 Å². The summed E-state index contributed by atoms with van der Waals surface area (Å²) < 4.78 is 7.81. The van der Waals surface area contributed by atoms with E-state index in [2.05, 4.69) is 31.8 Å². The molecule has 2 aromatic carbocycles. The van der Waals surface area contributed by atoms with Gasteiger partial charge < -0.3 is 19.3 Å². The lowest BCUT2D eigenvalue weighted by Crippen LogP contribution is -2.41. The highest BCUT2D eigenvalue weighted by atomic mass is 16.5. The van der Waals surface area contributed by atoms with Crippen LogP contribution < -0.4 is 4.74 Å². The quantitative estimate of drug-likeness (QED) is 0.624. The maximum atomic E-state index is 12.7. The predicted octanol–water partition coefficient (Wildman–Crippen LogP) is 2.32. The van der Waals surface area contributed by atoms with E-state index in [-0.39, 0.29) is 24.7 Å². The molecule has 1 aromatic heterocycles. The molecule has 3 heterocycles. The molecular formula is C25H29N5O3. The van der Waals surface area contributed by atoms with Crippen molar-refractivity contribution in [3.8, 4) is 5.75 Å². The van der Waals surface area contributed by atoms with Crippen molar-refractivity contribution in [1.82, 2.24) is 24.6 Å². The average Bonchev–Trinajstić information content (AvgIpc) is 3.40. The zero-order valence-corrected chi connectivity index (χ0v) is 18.8. The van der Waals surface area contributed by atoms with Crippen LogP contribution in [0, 0.1) is 6.92 Å². The molecule has 0 radical (unpaired) electrons. The Balaban J connectivity index is 1.25. The number of nitrogens with zero attached hydrogens (tertiary/aromatic N) is 5. The molecule has 0 saturated carbocycles. The number of aryl methyl sites for hydroxylation is 1. The zero-order valence-electron chi connectivity index (χ0n) is 18.8. The van der Waals surface area contributed by atoms with Crippen molar-refractivity contribution in [2.45, 2.75) is 45.1 Å². The molecule has 33 heavy (non-hydrogen) atoms. The molecule has 2 aliphatic heterocycles. The molecule has 1 amide bonds. The first kappa shape index (κ1) is 21.6. The molecule has 0 spiro atoms. The smallest absolute Gasteiger partial charge is 0.260 e. The number of rotatable bonds is 6. The highest BCUT2D eigenvalue weighted by molar-refractivity contribution is 5.77. The first-order valence-electron chi connectivity index (χ1n) is 11.4. The second kappa shape index (κ2) is 9.33. The first-order chi connectivity index (χ1) is 16.1. The molecule has 3 aromatic rings. The van der Waals surface area contributed by atoms with Crippen molar-refractivity contribution in [3.63, 3.8) is 0 Å². The summed E-state index contributed by atoms with van der Waals surface area (Å²) >= 11 is 0. The summed E-state index contributed by atoms with van der Waals surface area (Å²) in [6, 6.07) is 18.0. The van der Waals surface area contributed by atoms with Gasteiger partial charge >= 0.3 is 0 Å². The Morgan fingerprint density at radius 1 is 1.12 bits per heavy atom. The van der Waals surface area contributed by atoms with Crippen LogP contribution in [0.3, 0.4) is 0 Å². The Labute approximate surface area is 193 Å². The van der Waals surface area contributed by atoms with Crippen molar-refractivity contribution in [2.24, 2.45) is 0 Å². The topological polar surface area (TPSA) is 83.7 Å². The first-order valence-corrected chi connectivity index (χ1v) is 11.4. The van der Waals surface area contributed by atoms with Crippen LogP contribution in [0.25, 0.3) is 0 Å². The third kappa shape index (κ3) is 4.77. The summed E-state index contributed by atoms with van der Waals surface area (Å²) in [6.07, 6.45) is 0.255. The van der Waals surface area contributed by atoms with Crippen LogP contribution in [-0.4, -0.2) is 61.4 Å². The minimum atomic E-state index is -0.382. The van der Waals surface area contributed by atoms with Crippen LogP contribution in [0.15, 0.2) is 54.6 Å². The zero-order chi connectivity index (χ0) is 22.8. The van der Waals surface area contributed by atoms with Gasteiger partial charge in [-0.05, 0) is 36.6 Å². The Morgan fingerprint density at radius 2 is 1.97 bits per heavy atom. The number of carbonyl (C=O) groups excluding carboxylic acids is 1. The van der Waals surface area contributed by atoms with Crippen LogP contribution in [0.2, 0.25) is 0 Å². The predicted molar refractivity (Wildman–Crippen MR) is 122 cm³/mol. The average molecular weight is 448 g/mol. The van der Waals surface area contributed by atoms with Gasteiger partial charge in [0.15, 0.2) is 18.3 Å². The van der Waals surface area contributed by atoms with E-state index in [0.717, 1.165) is 23.8 Å². The second-order valence-corrected chi connectivity index (χ2v) is 8.87. The molecule has 0 unspecified atom stereocenters. The van der Waals surface area contributed by atoms with E-state index in [1.54, 1.807) is 4.90 Å². The van der Waals surface area contributed by atoms with E-state index in [1.165, 1.54) is 5.56 Å². The molecule has 1 fully saturated rings. The van der Waals surface area contributed by atoms with E-state index in [9.17, 15) is 9.90 Å². The molecule has 8 heteroatoms. The number of likely N-dealkylation sites (tertiary alicyclic amines) is 1. The standard InChI is InChI=1S/C25H29N5O3/c1-18-6-5-9-21(12-18)33-17-24(32)28-10-11-30-23(16-28)26-27-25(30)22-13-20(31)15-29(22)14-19-7-3-2-4-8-19/h2-9,12,20,22,31H,10-11,13-17H2,1H3/t20-,22-/m0/s1. The van der Waals surface area contributed by atoms with Gasteiger partial charge in [-0.3, -0.25) is 9.69 Å². The van der Waals surface area contributed by atoms with Crippen LogP contribution in [0.5, 0.6) is 5.75 Å². The number of fused-ring (bicyclic) bond motifs is 1. The Kier molecular flexibility index (Phi) is 6.11. The van der Waals surface area contributed by atoms with Crippen LogP contribution in [0.4, 0.5) is 0 Å². The van der Waals surface area contributed by atoms with Crippen LogP contribution in [-0.2, 0) is 24.4 Å². The number of ether oxygens (including phenoxy) is 1. The van der Waals surface area contributed by atoms with Crippen molar-refractivity contribution < 1.29 is 14.6 Å². The summed E-state index contributed by atoms with van der Waals surface area (Å²) in [5, 5.41) is 19.3. The van der Waals surface area contributed by atoms with Crippen LogP contribution in [0.1, 0.15) is 35.2 Å². The fourth-order valence-electron chi connectivity index (χ4n) is 4.72. The fourth-order valence-corrected chi connectivity index (χ4v) is 4.72. The monoisotopic (exact) mass is 447 g/mol. The van der Waals surface area contributed by atoms with Gasteiger partial charge in [0.05, 0.1) is 18.7 Å². The molecule has 5 rings (SSSR count). The summed E-state index contributed by atoms with van der Waals surface area (Å²) in [5.41, 5.74) is 2.30. The molecule has 0 aliphatic carbocycles. The molecule has 0 bridgehead atoms. The highest BCUT2D eigenvalue weighted by Crippen LogP contribution is 2.33. The summed E-state index contributed by atoms with van der Waals surface area (Å²) in [5.74, 6) is 2.29. The Bertz CT molecular complexity index is 1120. The lowest BCUT2D eigenvalue weighted by atomic mass is 10.1. The normalized spacial score (nSPS) is 20.6. The van der Waals surface area contributed by atoms with Crippen molar-refractivity contribution in [1.29, 1.82) is 0 Å². The summed E-state index contributed by atoms with van der Waals surface area (Å²) in [7, 11) is 0. The van der Waals surface area contributed by atoms with E-state index in [0.29, 0.717) is 38.3 Å². The maximum absolute atomic E-state index is 12.7. The van der Waals surface area contributed by atoms with Crippen molar-refractivity contribution in [2.75, 3.05) is 19.7 Å². The number of amides is 1. The summed E-state index contributed by atoms with van der Waals surface area (Å²) in [6.45, 7) is 5.01. The van der Waals surface area contributed by atoms with Gasteiger partial charge in [0, 0.05) is 26.2 Å². The van der Waals surface area contributed by atoms with E-state index < -0.39 is 0 Å². The number of benzene rings is 2. The molecule has 2 aliphatic rings. The minimum absolute atomic E-state index is 0.00409. The molecule has 8 nitrogen and oxygen atoms in total. The number of aliphatic hydroxyl groups is 1. The molecular weight excluding hydrogens is 418 g/mol. The number of aliphatic hydroxyl groups excluding tert-OH is 1. The minimum Gasteiger partial charge on any atom is -0.484 e. The third-order valence-corrected chi connectivity index (χ3v) is 6.39. The molecule has 2 atom stereocenters. The van der Waals surface area contributed by atoms with Gasteiger partial charge in [-0.25, -0.2) is 0 Å². The van der Waals surface area contributed by atoms with Crippen LogP contribution >= 0.6 is 0 Å². The van der Waals surface area contributed by atoms with Crippen molar-refractivity contribution in [3.05, 3.63) is 77.4 Å². The number of hydrogen-bond acceptors (Lipinski definition) is 6. The Hall–Kier alpha value is -3.23. The van der Waals surface area contributed by atoms with E-state index in [1.807, 2.05) is 49.4 Å². The van der Waals surface area contributed by atoms with Gasteiger partial charge in [-0.15, -0.1) is 10.2 Å². The van der Waals surface area contributed by atoms with E-state index in [4.69, 9.17) is 4.74 Å². The second-order valence-electron chi connectivity index (χ2n) is 8.87. The SMILES string of the molecule is Cc1cccc(OCC(=O)N2CCn3c(nnc3[C@@H]3C[C@H](O)CN3Cc3ccccc3)C2)c1. The number of hydrogen-bond donors (Lipinski definition) is 1. The lowest BCUT2D eigenvalue weighted by Gasteiger charge is -2.30. The maximum Gasteiger partial charge on any atom is 0.260 e. The Morgan fingerprint density at radius 3 is 2.79 bits per heavy atom. The van der Waals surface area contributed by atoms with Gasteiger partial charge in [0.25, 0.3) is 5.91 Å². The van der Waals surface area contributed by atoms with Gasteiger partial charge in [0.1, 0.15) is 5.75 Å². The molecule has 172 valence electrons. The molecule has 1 saturated heterocycles. The van der Waals surface area contributed by atoms with Gasteiger partial charge in [-0.2, -0.15) is 0 Å². The summed E-state index contributed by atoms with van der Waals surface area (Å²) in [4.78, 5) is 16.8. The largest absolute Gasteiger partial charge is 0.484 e. The van der Waals surface area contributed by atoms with E-state index >= 15 is 0 Å².